The van der Waals surface area contributed by atoms with Crippen molar-refractivity contribution in [2.24, 2.45) is 0 Å². The van der Waals surface area contributed by atoms with Crippen LogP contribution in [0.15, 0.2) is 0 Å². The van der Waals surface area contributed by atoms with E-state index in [0.717, 1.165) is 6.92 Å². The Kier molecular flexibility index (Phi) is 4.70. The van der Waals surface area contributed by atoms with Crippen LogP contribution in [0, 0.1) is 0 Å². The molecule has 0 N–H and O–H groups in total. The van der Waals surface area contributed by atoms with E-state index in [0.29, 0.717) is 0 Å². The molecule has 18 heavy (non-hydrogen) atoms. The second-order valence-electron chi connectivity index (χ2n) is 3.71. The Morgan fingerprint density at radius 3 is 1.50 bits per heavy atom. The maximum absolute atomic E-state index is 13.6. The Labute approximate surface area is 111 Å². The van der Waals surface area contributed by atoms with Crippen molar-refractivity contribution in [1.29, 1.82) is 0 Å². The molecule has 0 spiro atoms. The van der Waals surface area contributed by atoms with Crippen LogP contribution in [0.1, 0.15) is 20.3 Å². The molecule has 0 rings (SSSR count). The fraction of sp³-hybridized carbons (Fsp3) is 1.00. The Balaban J connectivity index is 5.80. The average Bonchev–Trinajstić information content (AvgIpc) is 2.15. The van der Waals surface area contributed by atoms with Crippen molar-refractivity contribution in [2.45, 2.75) is 47.7 Å². The Morgan fingerprint density at radius 2 is 1.28 bits per heavy atom. The highest BCUT2D eigenvalue weighted by atomic mass is 79.9. The summed E-state index contributed by atoms with van der Waals surface area (Å²) in [6.07, 6.45) is -7.25. The van der Waals surface area contributed by atoms with Crippen LogP contribution >= 0.6 is 27.5 Å². The van der Waals surface area contributed by atoms with E-state index in [1.54, 1.807) is 15.9 Å². The molecular weight excluding hydrogens is 363 g/mol. The lowest BCUT2D eigenvalue weighted by molar-refractivity contribution is -0.291. The molecule has 3 atom stereocenters. The number of rotatable bonds is 4. The van der Waals surface area contributed by atoms with Crippen molar-refractivity contribution < 1.29 is 35.1 Å². The van der Waals surface area contributed by atoms with Crippen LogP contribution < -0.4 is 0 Å². The molecule has 3 unspecified atom stereocenters. The van der Waals surface area contributed by atoms with Crippen molar-refractivity contribution in [3.05, 3.63) is 0 Å². The minimum atomic E-state index is -6.14. The third-order valence-electron chi connectivity index (χ3n) is 2.44. The number of alkyl halides is 10. The molecule has 0 aliphatic carbocycles. The van der Waals surface area contributed by atoms with E-state index in [1.807, 2.05) is 0 Å². The molecule has 0 aliphatic heterocycles. The largest absolute Gasteiger partial charge is 0.440 e. The van der Waals surface area contributed by atoms with Crippen molar-refractivity contribution in [3.8, 4) is 0 Å². The van der Waals surface area contributed by atoms with E-state index in [9.17, 15) is 35.1 Å². The van der Waals surface area contributed by atoms with Gasteiger partial charge in [0, 0.05) is 0 Å². The summed E-state index contributed by atoms with van der Waals surface area (Å²) in [6.45, 7) is 0.360. The summed E-state index contributed by atoms with van der Waals surface area (Å²) in [5.41, 5.74) is -5.02. The van der Waals surface area contributed by atoms with Gasteiger partial charge in [0.2, 0.25) is 10.2 Å². The minimum Gasteiger partial charge on any atom is -0.232 e. The zero-order chi connectivity index (χ0) is 15.2. The van der Waals surface area contributed by atoms with Gasteiger partial charge in [-0.2, -0.15) is 22.0 Å². The van der Waals surface area contributed by atoms with Crippen LogP contribution in [0.3, 0.4) is 0 Å². The lowest BCUT2D eigenvalue weighted by atomic mass is 9.89. The molecule has 0 saturated carbocycles. The van der Waals surface area contributed by atoms with Crippen molar-refractivity contribution in [3.63, 3.8) is 0 Å². The summed E-state index contributed by atoms with van der Waals surface area (Å²) < 4.78 is 99.4. The lowest BCUT2D eigenvalue weighted by Crippen LogP contribution is -2.66. The highest BCUT2D eigenvalue weighted by molar-refractivity contribution is 9.10. The summed E-state index contributed by atoms with van der Waals surface area (Å²) in [4.78, 5) is 0. The number of hydrogen-bond acceptors (Lipinski definition) is 0. The van der Waals surface area contributed by atoms with Crippen molar-refractivity contribution >= 4 is 27.5 Å². The number of hydrogen-bond donors (Lipinski definition) is 0. The van der Waals surface area contributed by atoms with Crippen LogP contribution in [0.25, 0.3) is 0 Å². The Morgan fingerprint density at radius 1 is 0.944 bits per heavy atom. The molecule has 0 saturated heterocycles. The first kappa shape index (κ1) is 18.2. The van der Waals surface area contributed by atoms with Gasteiger partial charge in [-0.25, -0.2) is 13.2 Å². The van der Waals surface area contributed by atoms with E-state index in [1.165, 1.54) is 0 Å². The predicted octanol–water partition coefficient (Wildman–Crippen LogP) is 5.29. The third-order valence-corrected chi connectivity index (χ3v) is 4.07. The monoisotopic (exact) mass is 370 g/mol. The minimum absolute atomic E-state index is 0.446. The summed E-state index contributed by atoms with van der Waals surface area (Å²) in [6, 6.07) is 0. The van der Waals surface area contributed by atoms with E-state index in [4.69, 9.17) is 0 Å². The summed E-state index contributed by atoms with van der Waals surface area (Å²) in [5, 5.41) is -5.44. The molecule has 110 valence electrons. The van der Waals surface area contributed by atoms with Gasteiger partial charge in [-0.05, 0) is 29.3 Å². The molecule has 0 heterocycles. The van der Waals surface area contributed by atoms with E-state index < -0.39 is 40.8 Å². The van der Waals surface area contributed by atoms with Crippen LogP contribution in [0.2, 0.25) is 0 Å². The van der Waals surface area contributed by atoms with Gasteiger partial charge < -0.3 is 0 Å². The summed E-state index contributed by atoms with van der Waals surface area (Å²) in [5.74, 6) is -5.36. The van der Waals surface area contributed by atoms with Gasteiger partial charge in [0.15, 0.2) is 0 Å². The first-order valence-electron chi connectivity index (χ1n) is 4.45. The lowest BCUT2D eigenvalue weighted by Gasteiger charge is -2.42. The topological polar surface area (TPSA) is 0 Å². The van der Waals surface area contributed by atoms with Gasteiger partial charge in [-0.3, -0.25) is 0 Å². The Hall–Kier alpha value is 0.210. The van der Waals surface area contributed by atoms with Gasteiger partial charge >= 0.3 is 17.2 Å². The summed E-state index contributed by atoms with van der Waals surface area (Å²) in [7, 11) is 0. The molecule has 0 aromatic heterocycles. The molecular formula is C8H8BrClF8. The first-order chi connectivity index (χ1) is 7.56. The van der Waals surface area contributed by atoms with Crippen LogP contribution in [0.4, 0.5) is 35.1 Å². The molecule has 0 amide bonds. The van der Waals surface area contributed by atoms with Crippen LogP contribution in [-0.4, -0.2) is 27.5 Å². The molecule has 0 aromatic carbocycles. The van der Waals surface area contributed by atoms with Crippen LogP contribution in [0.5, 0.6) is 0 Å². The number of halogens is 10. The van der Waals surface area contributed by atoms with Crippen molar-refractivity contribution in [2.75, 3.05) is 0 Å². The maximum atomic E-state index is 13.6. The fourth-order valence-corrected chi connectivity index (χ4v) is 1.52. The molecule has 10 heteroatoms. The molecule has 0 bridgehead atoms. The molecule has 0 nitrogen and oxygen atoms in total. The second-order valence-corrected chi connectivity index (χ2v) is 5.49. The molecule has 0 aromatic rings. The highest BCUT2D eigenvalue weighted by Gasteiger charge is 2.80. The van der Waals surface area contributed by atoms with Gasteiger partial charge in [0.25, 0.3) is 0 Å². The Bertz CT molecular complexity index is 309. The molecule has 0 aliphatic rings. The van der Waals surface area contributed by atoms with Crippen LogP contribution in [-0.2, 0) is 0 Å². The highest BCUT2D eigenvalue weighted by Crippen LogP contribution is 2.58. The zero-order valence-corrected chi connectivity index (χ0v) is 11.3. The van der Waals surface area contributed by atoms with E-state index >= 15 is 0 Å². The van der Waals surface area contributed by atoms with Gasteiger partial charge in [-0.15, -0.1) is 0 Å². The van der Waals surface area contributed by atoms with E-state index in [2.05, 4.69) is 11.6 Å². The fourth-order valence-electron chi connectivity index (χ4n) is 1.03. The predicted molar refractivity (Wildman–Crippen MR) is 53.3 cm³/mol. The molecule has 0 fully saturated rings. The SMILES string of the molecule is CCC(F)(Br)C(F)(F)C(C)(F)C(F)(Cl)C(F)(F)F. The smallest absolute Gasteiger partial charge is 0.232 e. The third kappa shape index (κ3) is 2.44. The zero-order valence-electron chi connectivity index (χ0n) is 8.99. The first-order valence-corrected chi connectivity index (χ1v) is 5.62. The van der Waals surface area contributed by atoms with Gasteiger partial charge in [0.05, 0.1) is 0 Å². The second kappa shape index (κ2) is 4.64. The van der Waals surface area contributed by atoms with Crippen molar-refractivity contribution in [1.82, 2.24) is 0 Å². The van der Waals surface area contributed by atoms with Gasteiger partial charge in [0.1, 0.15) is 0 Å². The quantitative estimate of drug-likeness (QED) is 0.465. The normalized spacial score (nSPS) is 24.0. The maximum Gasteiger partial charge on any atom is 0.440 e. The average molecular weight is 371 g/mol. The standard InChI is InChI=1S/C8H8BrClF8/c1-3-5(9,12)7(14,15)4(2,11)6(10,13)8(16,17)18/h3H2,1-2H3. The molecule has 0 radical (unpaired) electrons. The summed E-state index contributed by atoms with van der Waals surface area (Å²) >= 11 is 5.97. The van der Waals surface area contributed by atoms with E-state index in [-0.39, 0.29) is 0 Å². The van der Waals surface area contributed by atoms with Gasteiger partial charge in [-0.1, -0.05) is 18.5 Å².